The van der Waals surface area contributed by atoms with Gasteiger partial charge in [-0.05, 0) is 28.6 Å². The highest BCUT2D eigenvalue weighted by Crippen LogP contribution is 2.38. The van der Waals surface area contributed by atoms with Crippen molar-refractivity contribution in [3.8, 4) is 0 Å². The zero-order valence-electron chi connectivity index (χ0n) is 9.24. The molecule has 1 amide bonds. The van der Waals surface area contributed by atoms with Crippen molar-refractivity contribution in [1.82, 2.24) is 0 Å². The van der Waals surface area contributed by atoms with Crippen LogP contribution in [0.2, 0.25) is 5.02 Å². The van der Waals surface area contributed by atoms with Gasteiger partial charge < -0.3 is 5.32 Å². The third-order valence-electron chi connectivity index (χ3n) is 2.92. The van der Waals surface area contributed by atoms with E-state index in [-0.39, 0.29) is 11.3 Å². The van der Waals surface area contributed by atoms with Crippen LogP contribution in [0.15, 0.2) is 29.6 Å². The highest BCUT2D eigenvalue weighted by molar-refractivity contribution is 7.11. The number of halogens is 2. The summed E-state index contributed by atoms with van der Waals surface area (Å²) in [7, 11) is 0. The normalized spacial score (nSPS) is 15.3. The summed E-state index contributed by atoms with van der Waals surface area (Å²) in [4.78, 5) is 12.2. The summed E-state index contributed by atoms with van der Waals surface area (Å²) < 4.78 is 0. The minimum absolute atomic E-state index is 0.0300. The van der Waals surface area contributed by atoms with Crippen molar-refractivity contribution in [1.29, 1.82) is 0 Å². The maximum Gasteiger partial charge on any atom is 0.228 e. The van der Waals surface area contributed by atoms with E-state index in [1.165, 1.54) is 11.3 Å². The topological polar surface area (TPSA) is 29.1 Å². The standard InChI is InChI=1S/C13H9Cl2NOS/c14-9-3-4-18-13(9)12(15)7-1-2-10-8(5-7)6-11(17)16-10/h1-5,12H,6H2,(H,16,17). The Hall–Kier alpha value is -1.03. The van der Waals surface area contributed by atoms with E-state index in [0.29, 0.717) is 11.4 Å². The van der Waals surface area contributed by atoms with Crippen LogP contribution < -0.4 is 5.32 Å². The molecule has 0 radical (unpaired) electrons. The first-order chi connectivity index (χ1) is 8.65. The van der Waals surface area contributed by atoms with Gasteiger partial charge in [0.1, 0.15) is 0 Å². The SMILES string of the molecule is O=C1Cc2cc(C(Cl)c3sccc3Cl)ccc2N1. The van der Waals surface area contributed by atoms with Crippen LogP contribution in [-0.2, 0) is 11.2 Å². The highest BCUT2D eigenvalue weighted by Gasteiger charge is 2.21. The van der Waals surface area contributed by atoms with Crippen molar-refractivity contribution in [2.75, 3.05) is 5.32 Å². The Labute approximate surface area is 119 Å². The molecule has 1 aliphatic heterocycles. The minimum atomic E-state index is -0.265. The zero-order valence-corrected chi connectivity index (χ0v) is 11.6. The molecule has 18 heavy (non-hydrogen) atoms. The molecular weight excluding hydrogens is 289 g/mol. The molecule has 1 atom stereocenters. The lowest BCUT2D eigenvalue weighted by atomic mass is 10.0. The number of nitrogens with one attached hydrogen (secondary N) is 1. The summed E-state index contributed by atoms with van der Waals surface area (Å²) in [6.07, 6.45) is 0.422. The van der Waals surface area contributed by atoms with E-state index in [4.69, 9.17) is 23.2 Å². The molecule has 1 aromatic heterocycles. The molecular formula is C13H9Cl2NOS. The van der Waals surface area contributed by atoms with Gasteiger partial charge in [-0.1, -0.05) is 23.7 Å². The van der Waals surface area contributed by atoms with Crippen molar-refractivity contribution in [3.63, 3.8) is 0 Å². The molecule has 0 bridgehead atoms. The van der Waals surface area contributed by atoms with Crippen molar-refractivity contribution in [2.45, 2.75) is 11.8 Å². The molecule has 5 heteroatoms. The number of rotatable bonds is 2. The number of fused-ring (bicyclic) bond motifs is 1. The van der Waals surface area contributed by atoms with Crippen LogP contribution in [0.3, 0.4) is 0 Å². The first-order valence-electron chi connectivity index (χ1n) is 5.45. The Bertz CT molecular complexity index is 623. The average molecular weight is 298 g/mol. The summed E-state index contributed by atoms with van der Waals surface area (Å²) in [5, 5.41) is 5.15. The number of thiophene rings is 1. The molecule has 1 aliphatic rings. The van der Waals surface area contributed by atoms with Gasteiger partial charge in [-0.15, -0.1) is 22.9 Å². The van der Waals surface area contributed by atoms with E-state index < -0.39 is 0 Å². The predicted octanol–water partition coefficient (Wildman–Crippen LogP) is 4.22. The molecule has 1 unspecified atom stereocenters. The van der Waals surface area contributed by atoms with Gasteiger partial charge in [-0.3, -0.25) is 4.79 Å². The Balaban J connectivity index is 1.97. The third kappa shape index (κ3) is 2.03. The monoisotopic (exact) mass is 297 g/mol. The zero-order chi connectivity index (χ0) is 12.7. The number of hydrogen-bond donors (Lipinski definition) is 1. The van der Waals surface area contributed by atoms with Crippen LogP contribution in [0.1, 0.15) is 21.4 Å². The molecule has 0 spiro atoms. The van der Waals surface area contributed by atoms with Crippen LogP contribution in [0, 0.1) is 0 Å². The number of anilines is 1. The average Bonchev–Trinajstić information content (AvgIpc) is 2.91. The fraction of sp³-hybridized carbons (Fsp3) is 0.154. The van der Waals surface area contributed by atoms with E-state index in [1.807, 2.05) is 29.6 Å². The Morgan fingerprint density at radius 3 is 2.89 bits per heavy atom. The lowest BCUT2D eigenvalue weighted by Gasteiger charge is -2.10. The summed E-state index contributed by atoms with van der Waals surface area (Å²) in [5.41, 5.74) is 2.84. The smallest absolute Gasteiger partial charge is 0.228 e. The maximum atomic E-state index is 11.3. The Kier molecular flexibility index (Phi) is 3.06. The predicted molar refractivity (Wildman–Crippen MR) is 75.8 cm³/mol. The number of alkyl halides is 1. The second-order valence-electron chi connectivity index (χ2n) is 4.14. The number of carbonyl (C=O) groups is 1. The summed E-state index contributed by atoms with van der Waals surface area (Å²) in [6, 6.07) is 7.64. The summed E-state index contributed by atoms with van der Waals surface area (Å²) >= 11 is 14.1. The fourth-order valence-corrected chi connectivity index (χ4v) is 3.68. The minimum Gasteiger partial charge on any atom is -0.326 e. The van der Waals surface area contributed by atoms with Crippen molar-refractivity contribution in [3.05, 3.63) is 50.7 Å². The van der Waals surface area contributed by atoms with Gasteiger partial charge in [0.2, 0.25) is 5.91 Å². The van der Waals surface area contributed by atoms with Crippen molar-refractivity contribution >= 4 is 46.1 Å². The van der Waals surface area contributed by atoms with Crippen LogP contribution in [0.25, 0.3) is 0 Å². The molecule has 1 aromatic carbocycles. The molecule has 0 saturated heterocycles. The van der Waals surface area contributed by atoms with E-state index >= 15 is 0 Å². The van der Waals surface area contributed by atoms with Gasteiger partial charge in [-0.25, -0.2) is 0 Å². The second kappa shape index (κ2) is 4.57. The number of benzene rings is 1. The van der Waals surface area contributed by atoms with Gasteiger partial charge in [0.05, 0.1) is 16.8 Å². The number of hydrogen-bond acceptors (Lipinski definition) is 2. The Morgan fingerprint density at radius 1 is 1.33 bits per heavy atom. The van der Waals surface area contributed by atoms with E-state index in [9.17, 15) is 4.79 Å². The van der Waals surface area contributed by atoms with E-state index in [2.05, 4.69) is 5.32 Å². The number of carbonyl (C=O) groups excluding carboxylic acids is 1. The quantitative estimate of drug-likeness (QED) is 0.826. The molecule has 92 valence electrons. The van der Waals surface area contributed by atoms with Gasteiger partial charge >= 0.3 is 0 Å². The molecule has 2 nitrogen and oxygen atoms in total. The molecule has 0 aliphatic carbocycles. The van der Waals surface area contributed by atoms with Gasteiger partial charge in [-0.2, -0.15) is 0 Å². The van der Waals surface area contributed by atoms with Crippen molar-refractivity contribution < 1.29 is 4.79 Å². The summed E-state index contributed by atoms with van der Waals surface area (Å²) in [6.45, 7) is 0. The first kappa shape index (κ1) is 12.0. The largest absolute Gasteiger partial charge is 0.326 e. The molecule has 0 fully saturated rings. The molecule has 0 saturated carbocycles. The third-order valence-corrected chi connectivity index (χ3v) is 4.94. The second-order valence-corrected chi connectivity index (χ2v) is 5.93. The van der Waals surface area contributed by atoms with Gasteiger partial charge in [0.25, 0.3) is 0 Å². The van der Waals surface area contributed by atoms with Crippen LogP contribution in [0.4, 0.5) is 5.69 Å². The van der Waals surface area contributed by atoms with Gasteiger partial charge in [0, 0.05) is 10.6 Å². The van der Waals surface area contributed by atoms with Crippen molar-refractivity contribution in [2.24, 2.45) is 0 Å². The lowest BCUT2D eigenvalue weighted by Crippen LogP contribution is -2.03. The number of amides is 1. The van der Waals surface area contributed by atoms with E-state index in [0.717, 1.165) is 21.7 Å². The van der Waals surface area contributed by atoms with Crippen LogP contribution in [-0.4, -0.2) is 5.91 Å². The van der Waals surface area contributed by atoms with Crippen LogP contribution >= 0.6 is 34.5 Å². The maximum absolute atomic E-state index is 11.3. The fourth-order valence-electron chi connectivity index (χ4n) is 2.04. The molecule has 2 aromatic rings. The molecule has 3 rings (SSSR count). The summed E-state index contributed by atoms with van der Waals surface area (Å²) in [5.74, 6) is 0.0300. The van der Waals surface area contributed by atoms with Crippen LogP contribution in [0.5, 0.6) is 0 Å². The Morgan fingerprint density at radius 2 is 2.17 bits per heavy atom. The van der Waals surface area contributed by atoms with E-state index in [1.54, 1.807) is 0 Å². The van der Waals surface area contributed by atoms with Gasteiger partial charge in [0.15, 0.2) is 0 Å². The highest BCUT2D eigenvalue weighted by atomic mass is 35.5. The lowest BCUT2D eigenvalue weighted by molar-refractivity contribution is -0.115. The molecule has 2 heterocycles. The molecule has 1 N–H and O–H groups in total. The first-order valence-corrected chi connectivity index (χ1v) is 7.14.